The average Bonchev–Trinajstić information content (AvgIpc) is 2.89. The largest absolute Gasteiger partial charge is 0.420 e. The topological polar surface area (TPSA) is 67.2 Å². The lowest BCUT2D eigenvalue weighted by Gasteiger charge is -2.24. The summed E-state index contributed by atoms with van der Waals surface area (Å²) < 4.78 is 44.3. The van der Waals surface area contributed by atoms with Crippen LogP contribution in [0.2, 0.25) is 0 Å². The molecule has 1 aliphatic heterocycles. The van der Waals surface area contributed by atoms with Gasteiger partial charge in [-0.1, -0.05) is 11.2 Å². The number of benzene rings is 1. The van der Waals surface area contributed by atoms with E-state index in [2.05, 4.69) is 15.8 Å². The Balaban J connectivity index is 1.63. The summed E-state index contributed by atoms with van der Waals surface area (Å²) in [4.78, 5) is 12.5. The minimum atomic E-state index is -4.53. The van der Waals surface area contributed by atoms with Crippen molar-refractivity contribution in [1.82, 2.24) is 15.8 Å². The van der Waals surface area contributed by atoms with Gasteiger partial charge in [0.25, 0.3) is 0 Å². The molecule has 2 atom stereocenters. The van der Waals surface area contributed by atoms with E-state index in [0.29, 0.717) is 17.5 Å². The number of hydrogen-bond acceptors (Lipinski definition) is 4. The quantitative estimate of drug-likeness (QED) is 0.890. The first-order valence-electron chi connectivity index (χ1n) is 8.19. The van der Waals surface area contributed by atoms with Gasteiger partial charge in [0, 0.05) is 11.3 Å². The van der Waals surface area contributed by atoms with Gasteiger partial charge in [0.2, 0.25) is 5.91 Å². The zero-order chi connectivity index (χ0) is 18.0. The van der Waals surface area contributed by atoms with Gasteiger partial charge >= 0.3 is 6.18 Å². The van der Waals surface area contributed by atoms with Crippen LogP contribution in [0.3, 0.4) is 0 Å². The van der Waals surface area contributed by atoms with E-state index in [1.165, 1.54) is 12.1 Å². The lowest BCUT2D eigenvalue weighted by Crippen LogP contribution is -2.43. The molecule has 0 spiro atoms. The number of nitrogens with one attached hydrogen (secondary N) is 2. The number of carbonyl (C=O) groups excluding carboxylic acids is 1. The molecule has 1 aliphatic carbocycles. The van der Waals surface area contributed by atoms with Crippen molar-refractivity contribution < 1.29 is 22.5 Å². The number of amides is 1. The second kappa shape index (κ2) is 5.20. The molecule has 1 aromatic heterocycles. The highest BCUT2D eigenvalue weighted by Crippen LogP contribution is 2.49. The first-order chi connectivity index (χ1) is 11.7. The van der Waals surface area contributed by atoms with E-state index in [9.17, 15) is 18.0 Å². The van der Waals surface area contributed by atoms with Crippen molar-refractivity contribution in [3.63, 3.8) is 0 Å². The maximum Gasteiger partial charge on any atom is 0.420 e. The third kappa shape index (κ3) is 2.59. The summed E-state index contributed by atoms with van der Waals surface area (Å²) in [7, 11) is 0. The Morgan fingerprint density at radius 3 is 2.60 bits per heavy atom. The molecular formula is C17H18F3N3O2. The molecular weight excluding hydrogens is 335 g/mol. The van der Waals surface area contributed by atoms with Crippen LogP contribution >= 0.6 is 0 Å². The van der Waals surface area contributed by atoms with Crippen LogP contribution in [0, 0.1) is 17.8 Å². The summed E-state index contributed by atoms with van der Waals surface area (Å²) in [5, 5.41) is 10.3. The van der Waals surface area contributed by atoms with Crippen molar-refractivity contribution in [3.05, 3.63) is 29.5 Å². The molecule has 4 rings (SSSR count). The van der Waals surface area contributed by atoms with Crippen LogP contribution in [0.5, 0.6) is 0 Å². The lowest BCUT2D eigenvalue weighted by molar-refractivity contribution is -0.137. The van der Waals surface area contributed by atoms with Gasteiger partial charge in [0.05, 0.1) is 5.54 Å². The third-order valence-corrected chi connectivity index (χ3v) is 5.23. The number of carbonyl (C=O) groups is 1. The smallest absolute Gasteiger partial charge is 0.355 e. The summed E-state index contributed by atoms with van der Waals surface area (Å²) in [6.07, 6.45) is -4.53. The van der Waals surface area contributed by atoms with Crippen LogP contribution in [0.1, 0.15) is 25.1 Å². The maximum atomic E-state index is 13.1. The van der Waals surface area contributed by atoms with E-state index in [0.717, 1.165) is 19.2 Å². The predicted molar refractivity (Wildman–Crippen MR) is 83.5 cm³/mol. The van der Waals surface area contributed by atoms with Crippen molar-refractivity contribution in [2.45, 2.75) is 25.6 Å². The van der Waals surface area contributed by atoms with Crippen LogP contribution in [-0.4, -0.2) is 24.2 Å². The highest BCUT2D eigenvalue weighted by Gasteiger charge is 2.57. The number of hydrogen-bond donors (Lipinski definition) is 2. The monoisotopic (exact) mass is 353 g/mol. The summed E-state index contributed by atoms with van der Waals surface area (Å²) in [6.45, 7) is 5.12. The molecule has 5 nitrogen and oxygen atoms in total. The Bertz CT molecular complexity index is 833. The Hall–Kier alpha value is -2.09. The van der Waals surface area contributed by atoms with Crippen molar-refractivity contribution >= 4 is 16.9 Å². The molecule has 2 fully saturated rings. The molecule has 1 saturated carbocycles. The molecule has 1 saturated heterocycles. The molecule has 2 aromatic rings. The molecule has 0 radical (unpaired) electrons. The summed E-state index contributed by atoms with van der Waals surface area (Å²) in [5.74, 6) is 0.623. The SMILES string of the molecule is CC(C)(NC(=O)C1C2CNCC21)c1noc2c(C(F)(F)F)cccc12. The Morgan fingerprint density at radius 2 is 1.96 bits per heavy atom. The van der Waals surface area contributed by atoms with Gasteiger partial charge in [0.15, 0.2) is 5.58 Å². The normalized spacial score (nSPS) is 25.9. The van der Waals surface area contributed by atoms with Crippen LogP contribution in [0.25, 0.3) is 11.0 Å². The van der Waals surface area contributed by atoms with Gasteiger partial charge in [-0.2, -0.15) is 13.2 Å². The Morgan fingerprint density at radius 1 is 1.28 bits per heavy atom. The fourth-order valence-corrected chi connectivity index (χ4v) is 3.89. The maximum absolute atomic E-state index is 13.1. The van der Waals surface area contributed by atoms with Crippen molar-refractivity contribution in [2.24, 2.45) is 17.8 Å². The molecule has 2 heterocycles. The standard InChI is InChI=1S/C17H18F3N3O2/c1-16(2,22-15(24)12-9-6-21-7-10(9)12)14-8-4-3-5-11(17(18,19)20)13(8)25-23-14/h3-5,9-10,12,21H,6-7H2,1-2H3,(H,22,24). The van der Waals surface area contributed by atoms with Crippen LogP contribution in [0.4, 0.5) is 13.2 Å². The molecule has 25 heavy (non-hydrogen) atoms. The van der Waals surface area contributed by atoms with Gasteiger partial charge in [-0.3, -0.25) is 4.79 Å². The third-order valence-electron chi connectivity index (χ3n) is 5.23. The van der Waals surface area contributed by atoms with Crippen LogP contribution in [0.15, 0.2) is 22.7 Å². The first kappa shape index (κ1) is 16.4. The lowest BCUT2D eigenvalue weighted by atomic mass is 9.95. The predicted octanol–water partition coefficient (Wildman–Crippen LogP) is 2.66. The highest BCUT2D eigenvalue weighted by molar-refractivity contribution is 5.86. The summed E-state index contributed by atoms with van der Waals surface area (Å²) in [6, 6.07) is 3.81. The molecule has 8 heteroatoms. The number of rotatable bonds is 3. The van der Waals surface area contributed by atoms with Crippen LogP contribution in [-0.2, 0) is 16.5 Å². The number of halogens is 3. The van der Waals surface area contributed by atoms with E-state index in [1.54, 1.807) is 13.8 Å². The van der Waals surface area contributed by atoms with E-state index >= 15 is 0 Å². The Labute approximate surface area is 141 Å². The van der Waals surface area contributed by atoms with Gasteiger partial charge < -0.3 is 15.2 Å². The fraction of sp³-hybridized carbons (Fsp3) is 0.529. The molecule has 1 aromatic carbocycles. The van der Waals surface area contributed by atoms with Crippen LogP contribution < -0.4 is 10.6 Å². The van der Waals surface area contributed by atoms with E-state index < -0.39 is 17.3 Å². The van der Waals surface area contributed by atoms with Gasteiger partial charge in [0.1, 0.15) is 11.3 Å². The van der Waals surface area contributed by atoms with Gasteiger partial charge in [-0.25, -0.2) is 0 Å². The van der Waals surface area contributed by atoms with E-state index in [-0.39, 0.29) is 22.8 Å². The molecule has 0 bridgehead atoms. The molecule has 2 aliphatic rings. The van der Waals surface area contributed by atoms with Gasteiger partial charge in [-0.15, -0.1) is 0 Å². The number of piperidine rings is 1. The number of para-hydroxylation sites is 1. The minimum absolute atomic E-state index is 0.0237. The summed E-state index contributed by atoms with van der Waals surface area (Å²) >= 11 is 0. The molecule has 1 amide bonds. The number of aromatic nitrogens is 1. The van der Waals surface area contributed by atoms with Crippen molar-refractivity contribution in [2.75, 3.05) is 13.1 Å². The zero-order valence-corrected chi connectivity index (χ0v) is 13.8. The van der Waals surface area contributed by atoms with Crippen molar-refractivity contribution in [1.29, 1.82) is 0 Å². The van der Waals surface area contributed by atoms with Crippen molar-refractivity contribution in [3.8, 4) is 0 Å². The minimum Gasteiger partial charge on any atom is -0.355 e. The van der Waals surface area contributed by atoms with Gasteiger partial charge in [-0.05, 0) is 50.9 Å². The van der Waals surface area contributed by atoms with E-state index in [1.807, 2.05) is 0 Å². The zero-order valence-electron chi connectivity index (χ0n) is 13.8. The number of nitrogens with zero attached hydrogens (tertiary/aromatic N) is 1. The molecule has 2 unspecified atom stereocenters. The number of fused-ring (bicyclic) bond motifs is 2. The highest BCUT2D eigenvalue weighted by atomic mass is 19.4. The summed E-state index contributed by atoms with van der Waals surface area (Å²) in [5.41, 5.74) is -1.81. The molecule has 134 valence electrons. The number of alkyl halides is 3. The average molecular weight is 353 g/mol. The second-order valence-corrected chi connectivity index (χ2v) is 7.34. The second-order valence-electron chi connectivity index (χ2n) is 7.34. The fourth-order valence-electron chi connectivity index (χ4n) is 3.89. The molecule has 2 N–H and O–H groups in total. The van der Waals surface area contributed by atoms with E-state index in [4.69, 9.17) is 4.52 Å². The first-order valence-corrected chi connectivity index (χ1v) is 8.19. The Kier molecular flexibility index (Phi) is 3.41.